The van der Waals surface area contributed by atoms with Crippen LogP contribution in [0.1, 0.15) is 15.4 Å². The summed E-state index contributed by atoms with van der Waals surface area (Å²) in [4.78, 5) is 31.1. The number of nitrogens with zero attached hydrogens (tertiary/aromatic N) is 5. The van der Waals surface area contributed by atoms with Gasteiger partial charge in [0.15, 0.2) is 0 Å². The molecule has 4 aromatic rings. The normalized spacial score (nSPS) is 13.7. The number of anilines is 3. The highest BCUT2D eigenvalue weighted by atomic mass is 35.5. The van der Waals surface area contributed by atoms with E-state index in [2.05, 4.69) is 30.1 Å². The van der Waals surface area contributed by atoms with E-state index < -0.39 is 0 Å². The van der Waals surface area contributed by atoms with Crippen molar-refractivity contribution in [2.75, 3.05) is 41.3 Å². The molecule has 0 aliphatic carbocycles. The Morgan fingerprint density at radius 2 is 1.77 bits per heavy atom. The van der Waals surface area contributed by atoms with Gasteiger partial charge in [-0.25, -0.2) is 14.4 Å². The fourth-order valence-electron chi connectivity index (χ4n) is 3.93. The van der Waals surface area contributed by atoms with Crippen LogP contribution < -0.4 is 15.1 Å². The zero-order valence-corrected chi connectivity index (χ0v) is 20.5. The molecule has 0 unspecified atom stereocenters. The molecule has 0 spiro atoms. The molecule has 0 saturated carbocycles. The predicted octanol–water partition coefficient (Wildman–Crippen LogP) is 5.28. The van der Waals surface area contributed by atoms with Crippen LogP contribution >= 0.6 is 22.9 Å². The maximum absolute atomic E-state index is 13.6. The molecule has 1 amide bonds. The molecule has 1 saturated heterocycles. The topological polar surface area (TPSA) is 74.2 Å². The van der Waals surface area contributed by atoms with Gasteiger partial charge in [-0.05, 0) is 43.3 Å². The van der Waals surface area contributed by atoms with Crippen LogP contribution in [0.4, 0.5) is 21.8 Å². The zero-order valence-electron chi connectivity index (χ0n) is 18.9. The van der Waals surface area contributed by atoms with E-state index in [4.69, 9.17) is 11.6 Å². The molecule has 0 radical (unpaired) electrons. The molecule has 2 aromatic heterocycles. The number of nitrogens with one attached hydrogen (secondary N) is 1. The summed E-state index contributed by atoms with van der Waals surface area (Å²) in [5, 5.41) is 4.19. The van der Waals surface area contributed by atoms with Gasteiger partial charge in [0.2, 0.25) is 5.95 Å². The standard InChI is InChI=1S/C25H22ClFN6OS/c1-16-22(35-24(29-16)17-5-7-18(26)8-6-17)23(34)31-25-28-10-9-21(30-25)33-13-11-32(12-14-33)20-4-2-3-19(27)15-20/h2-10,15H,11-14H2,1H3,(H,28,30,31,34). The van der Waals surface area contributed by atoms with Gasteiger partial charge in [0.25, 0.3) is 5.91 Å². The summed E-state index contributed by atoms with van der Waals surface area (Å²) >= 11 is 7.28. The number of carbonyl (C=O) groups excluding carboxylic acids is 1. The molecule has 2 aromatic carbocycles. The maximum Gasteiger partial charge on any atom is 0.270 e. The Balaban J connectivity index is 1.25. The predicted molar refractivity (Wildman–Crippen MR) is 138 cm³/mol. The monoisotopic (exact) mass is 508 g/mol. The summed E-state index contributed by atoms with van der Waals surface area (Å²) in [5.41, 5.74) is 2.41. The molecule has 1 aliphatic heterocycles. The number of benzene rings is 2. The zero-order chi connectivity index (χ0) is 24.4. The molecule has 1 fully saturated rings. The van der Waals surface area contributed by atoms with Gasteiger partial charge < -0.3 is 9.80 Å². The summed E-state index contributed by atoms with van der Waals surface area (Å²) in [6, 6.07) is 15.8. The second-order valence-electron chi connectivity index (χ2n) is 8.09. The van der Waals surface area contributed by atoms with Crippen LogP contribution in [0.25, 0.3) is 10.6 Å². The van der Waals surface area contributed by atoms with Crippen molar-refractivity contribution < 1.29 is 9.18 Å². The van der Waals surface area contributed by atoms with Crippen molar-refractivity contribution >= 4 is 46.3 Å². The van der Waals surface area contributed by atoms with Gasteiger partial charge in [-0.3, -0.25) is 10.1 Å². The van der Waals surface area contributed by atoms with Gasteiger partial charge >= 0.3 is 0 Å². The van der Waals surface area contributed by atoms with E-state index in [-0.39, 0.29) is 17.7 Å². The van der Waals surface area contributed by atoms with Crippen molar-refractivity contribution in [3.8, 4) is 10.6 Å². The van der Waals surface area contributed by atoms with Crippen molar-refractivity contribution in [1.82, 2.24) is 15.0 Å². The van der Waals surface area contributed by atoms with E-state index in [1.54, 1.807) is 37.4 Å². The number of rotatable bonds is 5. The maximum atomic E-state index is 13.6. The summed E-state index contributed by atoms with van der Waals surface area (Å²) < 4.78 is 13.6. The SMILES string of the molecule is Cc1nc(-c2ccc(Cl)cc2)sc1C(=O)Nc1nccc(N2CCN(c3cccc(F)c3)CC2)n1. The molecule has 10 heteroatoms. The minimum atomic E-state index is -0.298. The fourth-order valence-corrected chi connectivity index (χ4v) is 5.03. The Hall–Kier alpha value is -3.56. The highest BCUT2D eigenvalue weighted by molar-refractivity contribution is 7.17. The lowest BCUT2D eigenvalue weighted by atomic mass is 10.2. The smallest absolute Gasteiger partial charge is 0.270 e. The van der Waals surface area contributed by atoms with Gasteiger partial charge in [0.1, 0.15) is 21.5 Å². The summed E-state index contributed by atoms with van der Waals surface area (Å²) in [5.74, 6) is 0.434. The molecule has 1 N–H and O–H groups in total. The molecule has 0 bridgehead atoms. The van der Waals surface area contributed by atoms with Gasteiger partial charge in [0.05, 0.1) is 5.69 Å². The third kappa shape index (κ3) is 5.26. The van der Waals surface area contributed by atoms with Crippen molar-refractivity contribution in [3.05, 3.63) is 82.2 Å². The van der Waals surface area contributed by atoms with E-state index in [9.17, 15) is 9.18 Å². The van der Waals surface area contributed by atoms with Crippen molar-refractivity contribution in [2.45, 2.75) is 6.92 Å². The minimum Gasteiger partial charge on any atom is -0.368 e. The Kier molecular flexibility index (Phi) is 6.61. The van der Waals surface area contributed by atoms with Crippen LogP contribution in [0.5, 0.6) is 0 Å². The highest BCUT2D eigenvalue weighted by Gasteiger charge is 2.21. The first kappa shape index (κ1) is 23.2. The largest absolute Gasteiger partial charge is 0.368 e. The lowest BCUT2D eigenvalue weighted by Crippen LogP contribution is -2.46. The van der Waals surface area contributed by atoms with Crippen LogP contribution in [0, 0.1) is 12.7 Å². The highest BCUT2D eigenvalue weighted by Crippen LogP contribution is 2.29. The van der Waals surface area contributed by atoms with Gasteiger partial charge in [0, 0.05) is 48.6 Å². The summed E-state index contributed by atoms with van der Waals surface area (Å²) in [6.45, 7) is 4.73. The number of thiazole rings is 1. The Bertz CT molecular complexity index is 1350. The fraction of sp³-hybridized carbons (Fsp3) is 0.200. The molecule has 178 valence electrons. The van der Waals surface area contributed by atoms with Crippen molar-refractivity contribution in [2.24, 2.45) is 0 Å². The third-order valence-corrected chi connectivity index (χ3v) is 7.19. The quantitative estimate of drug-likeness (QED) is 0.395. The molecule has 7 nitrogen and oxygen atoms in total. The third-order valence-electron chi connectivity index (χ3n) is 5.74. The van der Waals surface area contributed by atoms with Crippen LogP contribution in [-0.2, 0) is 0 Å². The number of carbonyl (C=O) groups is 1. The molecule has 5 rings (SSSR count). The first-order chi connectivity index (χ1) is 17.0. The lowest BCUT2D eigenvalue weighted by Gasteiger charge is -2.36. The number of hydrogen-bond donors (Lipinski definition) is 1. The Morgan fingerprint density at radius 1 is 1.03 bits per heavy atom. The first-order valence-corrected chi connectivity index (χ1v) is 12.3. The van der Waals surface area contributed by atoms with E-state index in [0.717, 1.165) is 48.3 Å². The number of amides is 1. The number of piperazine rings is 1. The molecular weight excluding hydrogens is 487 g/mol. The van der Waals surface area contributed by atoms with Gasteiger partial charge in [-0.1, -0.05) is 29.8 Å². The average Bonchev–Trinajstić information content (AvgIpc) is 3.26. The van der Waals surface area contributed by atoms with E-state index in [1.165, 1.54) is 17.4 Å². The lowest BCUT2D eigenvalue weighted by molar-refractivity contribution is 0.102. The second kappa shape index (κ2) is 9.97. The van der Waals surface area contributed by atoms with E-state index in [0.29, 0.717) is 15.6 Å². The number of aryl methyl sites for hydroxylation is 1. The van der Waals surface area contributed by atoms with Crippen LogP contribution in [0.2, 0.25) is 5.02 Å². The van der Waals surface area contributed by atoms with Gasteiger partial charge in [-0.15, -0.1) is 11.3 Å². The van der Waals surface area contributed by atoms with Crippen molar-refractivity contribution in [3.63, 3.8) is 0 Å². The van der Waals surface area contributed by atoms with E-state index >= 15 is 0 Å². The number of aromatic nitrogens is 3. The van der Waals surface area contributed by atoms with Gasteiger partial charge in [-0.2, -0.15) is 4.98 Å². The molecule has 35 heavy (non-hydrogen) atoms. The van der Waals surface area contributed by atoms with Crippen LogP contribution in [0.15, 0.2) is 60.8 Å². The second-order valence-corrected chi connectivity index (χ2v) is 9.52. The molecule has 0 atom stereocenters. The number of halogens is 2. The average molecular weight is 509 g/mol. The summed E-state index contributed by atoms with van der Waals surface area (Å²) in [7, 11) is 0. The molecule has 1 aliphatic rings. The van der Waals surface area contributed by atoms with Crippen LogP contribution in [0.3, 0.4) is 0 Å². The minimum absolute atomic E-state index is 0.237. The Labute approximate surface area is 211 Å². The van der Waals surface area contributed by atoms with Crippen molar-refractivity contribution in [1.29, 1.82) is 0 Å². The molecule has 3 heterocycles. The summed E-state index contributed by atoms with van der Waals surface area (Å²) in [6.07, 6.45) is 1.63. The first-order valence-electron chi connectivity index (χ1n) is 11.1. The van der Waals surface area contributed by atoms with Crippen LogP contribution in [-0.4, -0.2) is 47.0 Å². The Morgan fingerprint density at radius 3 is 2.51 bits per heavy atom. The number of hydrogen-bond acceptors (Lipinski definition) is 7. The van der Waals surface area contributed by atoms with E-state index in [1.807, 2.05) is 24.3 Å². The molecular formula is C25H22ClFN6OS.